The van der Waals surface area contributed by atoms with Gasteiger partial charge in [-0.05, 0) is 18.3 Å². The third kappa shape index (κ3) is 2.06. The SMILES string of the molecule is CCc1n[nH]c(=S)n1CCc1ccnn1C. The molecular formula is C10H15N5S. The van der Waals surface area contributed by atoms with Crippen molar-refractivity contribution in [3.63, 3.8) is 0 Å². The molecule has 1 N–H and O–H groups in total. The lowest BCUT2D eigenvalue weighted by Crippen LogP contribution is -2.08. The summed E-state index contributed by atoms with van der Waals surface area (Å²) in [4.78, 5) is 0. The van der Waals surface area contributed by atoms with Gasteiger partial charge in [-0.3, -0.25) is 9.78 Å². The van der Waals surface area contributed by atoms with E-state index in [2.05, 4.69) is 22.2 Å². The number of aryl methyl sites for hydroxylation is 3. The van der Waals surface area contributed by atoms with Crippen molar-refractivity contribution < 1.29 is 0 Å². The Morgan fingerprint density at radius 2 is 2.31 bits per heavy atom. The zero-order chi connectivity index (χ0) is 11.5. The van der Waals surface area contributed by atoms with Gasteiger partial charge in [-0.15, -0.1) is 0 Å². The first-order valence-corrected chi connectivity index (χ1v) is 5.74. The molecule has 0 saturated carbocycles. The molecule has 0 aliphatic heterocycles. The van der Waals surface area contributed by atoms with E-state index in [9.17, 15) is 0 Å². The lowest BCUT2D eigenvalue weighted by molar-refractivity contribution is 0.611. The number of hydrogen-bond acceptors (Lipinski definition) is 3. The largest absolute Gasteiger partial charge is 0.304 e. The van der Waals surface area contributed by atoms with Crippen LogP contribution >= 0.6 is 12.2 Å². The van der Waals surface area contributed by atoms with Crippen LogP contribution in [0.15, 0.2) is 12.3 Å². The Balaban J connectivity index is 2.13. The van der Waals surface area contributed by atoms with Crippen LogP contribution in [-0.4, -0.2) is 24.5 Å². The first kappa shape index (κ1) is 11.1. The van der Waals surface area contributed by atoms with Gasteiger partial charge in [0.25, 0.3) is 0 Å². The Morgan fingerprint density at radius 1 is 1.50 bits per heavy atom. The Morgan fingerprint density at radius 3 is 2.94 bits per heavy atom. The summed E-state index contributed by atoms with van der Waals surface area (Å²) in [5, 5.41) is 11.1. The number of aromatic amines is 1. The molecule has 2 aromatic rings. The fourth-order valence-electron chi connectivity index (χ4n) is 1.72. The molecular weight excluding hydrogens is 222 g/mol. The summed E-state index contributed by atoms with van der Waals surface area (Å²) in [6.07, 6.45) is 3.61. The summed E-state index contributed by atoms with van der Waals surface area (Å²) in [6, 6.07) is 2.02. The van der Waals surface area contributed by atoms with Crippen LogP contribution in [0, 0.1) is 4.77 Å². The van der Waals surface area contributed by atoms with Crippen molar-refractivity contribution in [2.75, 3.05) is 0 Å². The van der Waals surface area contributed by atoms with Gasteiger partial charge in [0.2, 0.25) is 0 Å². The summed E-state index contributed by atoms with van der Waals surface area (Å²) < 4.78 is 4.62. The van der Waals surface area contributed by atoms with Crippen LogP contribution in [0.4, 0.5) is 0 Å². The molecule has 2 rings (SSSR count). The maximum Gasteiger partial charge on any atom is 0.195 e. The molecule has 86 valence electrons. The Kier molecular flexibility index (Phi) is 3.19. The van der Waals surface area contributed by atoms with Crippen molar-refractivity contribution in [2.45, 2.75) is 26.3 Å². The zero-order valence-electron chi connectivity index (χ0n) is 9.47. The quantitative estimate of drug-likeness (QED) is 0.819. The molecule has 0 radical (unpaired) electrons. The van der Waals surface area contributed by atoms with Crippen LogP contribution in [0.25, 0.3) is 0 Å². The number of nitrogens with one attached hydrogen (secondary N) is 1. The minimum atomic E-state index is 0.694. The highest BCUT2D eigenvalue weighted by Gasteiger charge is 2.05. The second-order valence-electron chi connectivity index (χ2n) is 3.65. The van der Waals surface area contributed by atoms with Crippen molar-refractivity contribution in [1.29, 1.82) is 0 Å². The minimum absolute atomic E-state index is 0.694. The lowest BCUT2D eigenvalue weighted by Gasteiger charge is -2.05. The smallest absolute Gasteiger partial charge is 0.195 e. The van der Waals surface area contributed by atoms with Crippen LogP contribution in [0.1, 0.15) is 18.4 Å². The summed E-state index contributed by atoms with van der Waals surface area (Å²) in [7, 11) is 1.95. The minimum Gasteiger partial charge on any atom is -0.304 e. The Bertz CT molecular complexity index is 521. The Hall–Kier alpha value is -1.43. The van der Waals surface area contributed by atoms with Crippen molar-refractivity contribution in [3.05, 3.63) is 28.6 Å². The Labute approximate surface area is 99.1 Å². The van der Waals surface area contributed by atoms with E-state index >= 15 is 0 Å². The predicted molar refractivity (Wildman–Crippen MR) is 63.7 cm³/mol. The fourth-order valence-corrected chi connectivity index (χ4v) is 1.97. The zero-order valence-corrected chi connectivity index (χ0v) is 10.3. The van der Waals surface area contributed by atoms with E-state index in [4.69, 9.17) is 12.2 Å². The summed E-state index contributed by atoms with van der Waals surface area (Å²) in [6.45, 7) is 2.92. The molecule has 2 heterocycles. The van der Waals surface area contributed by atoms with Gasteiger partial charge in [-0.2, -0.15) is 10.2 Å². The number of hydrogen-bond donors (Lipinski definition) is 1. The predicted octanol–water partition coefficient (Wildman–Crippen LogP) is 1.48. The second kappa shape index (κ2) is 4.61. The van der Waals surface area contributed by atoms with Gasteiger partial charge in [-0.1, -0.05) is 6.92 Å². The average Bonchev–Trinajstić information content (AvgIpc) is 2.82. The molecule has 0 unspecified atom stereocenters. The first-order chi connectivity index (χ1) is 7.72. The molecule has 0 atom stereocenters. The standard InChI is InChI=1S/C10H15N5S/c1-3-9-12-13-10(16)15(9)7-5-8-4-6-11-14(8)2/h4,6H,3,5,7H2,1-2H3,(H,13,16). The summed E-state index contributed by atoms with van der Waals surface area (Å²) in [5.74, 6) is 1.01. The molecule has 2 aromatic heterocycles. The van der Waals surface area contributed by atoms with Gasteiger partial charge in [-0.25, -0.2) is 0 Å². The molecule has 0 bridgehead atoms. The number of nitrogens with zero attached hydrogens (tertiary/aromatic N) is 4. The van der Waals surface area contributed by atoms with Crippen molar-refractivity contribution in [3.8, 4) is 0 Å². The van der Waals surface area contributed by atoms with Gasteiger partial charge in [0, 0.05) is 38.3 Å². The van der Waals surface area contributed by atoms with E-state index in [0.717, 1.165) is 25.2 Å². The number of aromatic nitrogens is 5. The van der Waals surface area contributed by atoms with Gasteiger partial charge in [0.1, 0.15) is 5.82 Å². The monoisotopic (exact) mass is 237 g/mol. The molecule has 0 saturated heterocycles. The topological polar surface area (TPSA) is 51.4 Å². The van der Waals surface area contributed by atoms with E-state index < -0.39 is 0 Å². The number of rotatable bonds is 4. The summed E-state index contributed by atoms with van der Waals surface area (Å²) >= 11 is 5.19. The van der Waals surface area contributed by atoms with E-state index in [1.807, 2.05) is 28.6 Å². The maximum atomic E-state index is 5.19. The van der Waals surface area contributed by atoms with E-state index in [1.165, 1.54) is 5.69 Å². The van der Waals surface area contributed by atoms with Gasteiger partial charge < -0.3 is 4.57 Å². The molecule has 6 heteroatoms. The second-order valence-corrected chi connectivity index (χ2v) is 4.03. The highest BCUT2D eigenvalue weighted by atomic mass is 32.1. The van der Waals surface area contributed by atoms with Crippen molar-refractivity contribution in [1.82, 2.24) is 24.5 Å². The normalized spacial score (nSPS) is 10.9. The van der Waals surface area contributed by atoms with Gasteiger partial charge in [0.15, 0.2) is 4.77 Å². The van der Waals surface area contributed by atoms with E-state index in [-0.39, 0.29) is 0 Å². The molecule has 0 fully saturated rings. The third-order valence-electron chi connectivity index (χ3n) is 2.67. The van der Waals surface area contributed by atoms with Crippen LogP contribution in [0.3, 0.4) is 0 Å². The molecule has 0 aromatic carbocycles. The van der Waals surface area contributed by atoms with Crippen LogP contribution in [-0.2, 0) is 26.4 Å². The van der Waals surface area contributed by atoms with Crippen LogP contribution in [0.5, 0.6) is 0 Å². The van der Waals surface area contributed by atoms with Gasteiger partial charge in [0.05, 0.1) is 0 Å². The van der Waals surface area contributed by atoms with E-state index in [1.54, 1.807) is 0 Å². The average molecular weight is 237 g/mol. The van der Waals surface area contributed by atoms with Crippen LogP contribution < -0.4 is 0 Å². The maximum absolute atomic E-state index is 5.19. The number of H-pyrrole nitrogens is 1. The van der Waals surface area contributed by atoms with E-state index in [0.29, 0.717) is 4.77 Å². The molecule has 0 spiro atoms. The van der Waals surface area contributed by atoms with Gasteiger partial charge >= 0.3 is 0 Å². The molecule has 16 heavy (non-hydrogen) atoms. The summed E-state index contributed by atoms with van der Waals surface area (Å²) in [5.41, 5.74) is 1.20. The first-order valence-electron chi connectivity index (χ1n) is 5.33. The lowest BCUT2D eigenvalue weighted by atomic mass is 10.3. The molecule has 0 aliphatic carbocycles. The molecule has 5 nitrogen and oxygen atoms in total. The molecule has 0 aliphatic rings. The van der Waals surface area contributed by atoms with Crippen LogP contribution in [0.2, 0.25) is 0 Å². The fraction of sp³-hybridized carbons (Fsp3) is 0.500. The highest BCUT2D eigenvalue weighted by Crippen LogP contribution is 2.04. The highest BCUT2D eigenvalue weighted by molar-refractivity contribution is 7.71. The van der Waals surface area contributed by atoms with Crippen molar-refractivity contribution in [2.24, 2.45) is 7.05 Å². The van der Waals surface area contributed by atoms with Crippen molar-refractivity contribution >= 4 is 12.2 Å². The molecule has 0 amide bonds. The third-order valence-corrected chi connectivity index (χ3v) is 2.98.